The topological polar surface area (TPSA) is 94.8 Å². The molecule has 9 nitrogen and oxygen atoms in total. The fraction of sp³-hybridized carbons (Fsp3) is 0.333. The van der Waals surface area contributed by atoms with Crippen molar-refractivity contribution in [2.45, 2.75) is 16.9 Å². The molecular formula is C27H27ClF2N6O3S2. The Labute approximate surface area is 250 Å². The molecule has 2 aromatic carbocycles. The van der Waals surface area contributed by atoms with Gasteiger partial charge in [0, 0.05) is 49.4 Å². The number of hydrogen-bond acceptors (Lipinski definition) is 8. The van der Waals surface area contributed by atoms with E-state index in [0.29, 0.717) is 36.1 Å². The minimum atomic E-state index is -1.73. The zero-order valence-electron chi connectivity index (χ0n) is 21.7. The van der Waals surface area contributed by atoms with E-state index in [2.05, 4.69) is 22.7 Å². The molecule has 2 atom stereocenters. The molecule has 216 valence electrons. The molecule has 0 bridgehead atoms. The molecule has 5 rings (SSSR count). The molecule has 2 saturated heterocycles. The van der Waals surface area contributed by atoms with Crippen LogP contribution in [0.5, 0.6) is 0 Å². The van der Waals surface area contributed by atoms with Gasteiger partial charge >= 0.3 is 0 Å². The summed E-state index contributed by atoms with van der Waals surface area (Å²) in [6, 6.07) is 10.2. The second kappa shape index (κ2) is 12.5. The van der Waals surface area contributed by atoms with Crippen LogP contribution in [0.4, 0.5) is 8.78 Å². The minimum absolute atomic E-state index is 0.0241. The summed E-state index contributed by atoms with van der Waals surface area (Å²) in [5.41, 5.74) is -0.970. The van der Waals surface area contributed by atoms with Gasteiger partial charge in [-0.15, -0.1) is 12.6 Å². The number of piperazine rings is 1. The zero-order chi connectivity index (χ0) is 29.1. The van der Waals surface area contributed by atoms with Crippen molar-refractivity contribution < 1.29 is 23.5 Å². The van der Waals surface area contributed by atoms with Gasteiger partial charge < -0.3 is 14.9 Å². The Morgan fingerprint density at radius 1 is 1.15 bits per heavy atom. The van der Waals surface area contributed by atoms with Crippen LogP contribution in [0.3, 0.4) is 0 Å². The van der Waals surface area contributed by atoms with Crippen LogP contribution in [0.2, 0.25) is 5.02 Å². The number of thioether (sulfide) groups is 1. The van der Waals surface area contributed by atoms with E-state index < -0.39 is 21.9 Å². The molecule has 2 fully saturated rings. The zero-order valence-corrected chi connectivity index (χ0v) is 24.2. The van der Waals surface area contributed by atoms with Gasteiger partial charge in [-0.05, 0) is 29.8 Å². The van der Waals surface area contributed by atoms with E-state index in [1.165, 1.54) is 40.1 Å². The van der Waals surface area contributed by atoms with Gasteiger partial charge in [-0.2, -0.15) is 5.10 Å². The van der Waals surface area contributed by atoms with Crippen molar-refractivity contribution in [3.63, 3.8) is 0 Å². The van der Waals surface area contributed by atoms with Gasteiger partial charge in [-0.3, -0.25) is 14.5 Å². The third-order valence-electron chi connectivity index (χ3n) is 6.98. The van der Waals surface area contributed by atoms with E-state index in [0.717, 1.165) is 17.7 Å². The van der Waals surface area contributed by atoms with Crippen molar-refractivity contribution in [3.8, 4) is 0 Å². The summed E-state index contributed by atoms with van der Waals surface area (Å²) in [6.07, 6.45) is 4.47. The minimum Gasteiger partial charge on any atom is -0.382 e. The summed E-state index contributed by atoms with van der Waals surface area (Å²) < 4.78 is 29.2. The molecule has 2 aliphatic heterocycles. The van der Waals surface area contributed by atoms with Crippen LogP contribution in [0.1, 0.15) is 11.1 Å². The van der Waals surface area contributed by atoms with Crippen molar-refractivity contribution >= 4 is 53.9 Å². The van der Waals surface area contributed by atoms with Crippen LogP contribution in [0.15, 0.2) is 60.0 Å². The number of nitrogens with zero attached hydrogens (tertiary/aromatic N) is 6. The summed E-state index contributed by atoms with van der Waals surface area (Å²) in [5, 5.41) is 16.2. The molecule has 1 N–H and O–H groups in total. The number of benzene rings is 2. The van der Waals surface area contributed by atoms with Gasteiger partial charge in [0.05, 0.1) is 11.4 Å². The summed E-state index contributed by atoms with van der Waals surface area (Å²) in [5.74, 6) is -2.09. The second-order valence-electron chi connectivity index (χ2n) is 9.84. The molecule has 2 amide bonds. The third-order valence-corrected chi connectivity index (χ3v) is 8.84. The van der Waals surface area contributed by atoms with Crippen LogP contribution in [-0.4, -0.2) is 90.4 Å². The number of carbonyl (C=O) groups excluding carboxylic acids is 2. The first-order valence-electron chi connectivity index (χ1n) is 12.7. The normalized spacial score (nSPS) is 20.6. The van der Waals surface area contributed by atoms with Crippen molar-refractivity contribution in [3.05, 3.63) is 87.8 Å². The maximum absolute atomic E-state index is 14.8. The SMILES string of the molecule is O=C(CN1C(=O)/C(=C/c2ccc(Cl)cc2)SC1S)N1CCN(CC(O)(Cn2cncn2)c2ccc(F)cc2F)CC1. The highest BCUT2D eigenvalue weighted by Crippen LogP contribution is 2.38. The van der Waals surface area contributed by atoms with Gasteiger partial charge in [0.1, 0.15) is 41.1 Å². The van der Waals surface area contributed by atoms with Crippen molar-refractivity contribution in [1.82, 2.24) is 29.5 Å². The Hall–Kier alpha value is -2.97. The van der Waals surface area contributed by atoms with E-state index in [4.69, 9.17) is 11.6 Å². The van der Waals surface area contributed by atoms with Gasteiger partial charge in [-0.25, -0.2) is 18.4 Å². The lowest BCUT2D eigenvalue weighted by Gasteiger charge is -2.40. The first-order valence-corrected chi connectivity index (χ1v) is 14.5. The highest BCUT2D eigenvalue weighted by atomic mass is 35.5. The van der Waals surface area contributed by atoms with Crippen LogP contribution in [-0.2, 0) is 21.7 Å². The second-order valence-corrected chi connectivity index (χ2v) is 12.2. The van der Waals surface area contributed by atoms with Crippen LogP contribution < -0.4 is 0 Å². The van der Waals surface area contributed by atoms with Gasteiger partial charge in [-0.1, -0.05) is 41.6 Å². The van der Waals surface area contributed by atoms with Gasteiger partial charge in [0.25, 0.3) is 5.91 Å². The lowest BCUT2D eigenvalue weighted by Crippen LogP contribution is -2.55. The lowest BCUT2D eigenvalue weighted by molar-refractivity contribution is -0.139. The fourth-order valence-electron chi connectivity index (χ4n) is 4.87. The number of β-amino-alcohol motifs (C(OH)–C–C–N with tert-alkyl or cyclic N) is 1. The first kappa shape index (κ1) is 29.5. The predicted octanol–water partition coefficient (Wildman–Crippen LogP) is 3.07. The molecule has 0 aliphatic carbocycles. The maximum atomic E-state index is 14.8. The quantitative estimate of drug-likeness (QED) is 0.295. The molecule has 3 aromatic rings. The van der Waals surface area contributed by atoms with Crippen molar-refractivity contribution in [2.24, 2.45) is 0 Å². The molecular weight excluding hydrogens is 594 g/mol. The molecule has 1 aromatic heterocycles. The van der Waals surface area contributed by atoms with E-state index >= 15 is 0 Å². The summed E-state index contributed by atoms with van der Waals surface area (Å²) in [7, 11) is 0. The molecule has 2 aliphatic rings. The first-order chi connectivity index (χ1) is 19.6. The van der Waals surface area contributed by atoms with Crippen LogP contribution >= 0.6 is 36.0 Å². The highest BCUT2D eigenvalue weighted by Gasteiger charge is 2.39. The van der Waals surface area contributed by atoms with Gasteiger partial charge in [0.2, 0.25) is 5.91 Å². The Kier molecular flexibility index (Phi) is 9.00. The number of aromatic nitrogens is 3. The third kappa shape index (κ3) is 6.92. The molecule has 3 heterocycles. The molecule has 0 radical (unpaired) electrons. The number of amides is 2. The van der Waals surface area contributed by atoms with Crippen molar-refractivity contribution in [1.29, 1.82) is 0 Å². The number of aliphatic hydroxyl groups is 1. The van der Waals surface area contributed by atoms with E-state index in [9.17, 15) is 23.5 Å². The number of rotatable bonds is 8. The van der Waals surface area contributed by atoms with E-state index in [-0.39, 0.29) is 37.0 Å². The Morgan fingerprint density at radius 2 is 1.88 bits per heavy atom. The number of thiol groups is 1. The average Bonchev–Trinajstić information content (AvgIpc) is 3.53. The van der Waals surface area contributed by atoms with Gasteiger partial charge in [0.15, 0.2) is 0 Å². The van der Waals surface area contributed by atoms with E-state index in [1.54, 1.807) is 23.1 Å². The van der Waals surface area contributed by atoms with Crippen molar-refractivity contribution in [2.75, 3.05) is 39.3 Å². The summed E-state index contributed by atoms with van der Waals surface area (Å²) >= 11 is 11.7. The maximum Gasteiger partial charge on any atom is 0.262 e. The Morgan fingerprint density at radius 3 is 2.54 bits per heavy atom. The molecule has 14 heteroatoms. The molecule has 0 spiro atoms. The van der Waals surface area contributed by atoms with E-state index in [1.807, 2.05) is 17.0 Å². The fourth-order valence-corrected chi connectivity index (χ4v) is 6.47. The summed E-state index contributed by atoms with van der Waals surface area (Å²) in [6.45, 7) is 1.32. The number of carbonyl (C=O) groups is 2. The standard InChI is InChI=1S/C27H27ClF2N6O3S2/c28-19-3-1-18(2-4-19)11-23-25(38)36(26(40)41-23)13-24(37)34-9-7-33(8-10-34)14-27(39,15-35-17-31-16-32-35)21-6-5-20(29)12-22(21)30/h1-6,11-12,16-17,26,39-40H,7-10,13-15H2/b23-11-. The van der Waals surface area contributed by atoms with Crippen LogP contribution in [0.25, 0.3) is 6.08 Å². The smallest absolute Gasteiger partial charge is 0.262 e. The largest absolute Gasteiger partial charge is 0.382 e. The Balaban J connectivity index is 1.20. The number of hydrogen-bond donors (Lipinski definition) is 2. The molecule has 0 saturated carbocycles. The number of halogens is 3. The average molecular weight is 621 g/mol. The highest BCUT2D eigenvalue weighted by molar-refractivity contribution is 8.14. The molecule has 2 unspecified atom stereocenters. The molecule has 41 heavy (non-hydrogen) atoms. The predicted molar refractivity (Wildman–Crippen MR) is 155 cm³/mol. The monoisotopic (exact) mass is 620 g/mol. The summed E-state index contributed by atoms with van der Waals surface area (Å²) in [4.78, 5) is 35.5. The lowest BCUT2D eigenvalue weighted by atomic mass is 9.92. The Bertz CT molecular complexity index is 1440. The van der Waals surface area contributed by atoms with Crippen LogP contribution in [0, 0.1) is 11.6 Å².